The lowest BCUT2D eigenvalue weighted by Gasteiger charge is -2.40. The van der Waals surface area contributed by atoms with Gasteiger partial charge in [-0.3, -0.25) is 4.79 Å². The van der Waals surface area contributed by atoms with Crippen LogP contribution < -0.4 is 4.90 Å². The summed E-state index contributed by atoms with van der Waals surface area (Å²) in [5.74, 6) is 0.181. The Labute approximate surface area is 113 Å². The van der Waals surface area contributed by atoms with E-state index < -0.39 is 5.41 Å². The summed E-state index contributed by atoms with van der Waals surface area (Å²) in [6, 6.07) is 16.3. The molecule has 1 aliphatic heterocycles. The van der Waals surface area contributed by atoms with Gasteiger partial charge in [0.2, 0.25) is 0 Å². The highest BCUT2D eigenvalue weighted by atomic mass is 16.1. The minimum Gasteiger partial charge on any atom is -0.344 e. The van der Waals surface area contributed by atoms with Crippen molar-refractivity contribution in [2.24, 2.45) is 0 Å². The first kappa shape index (κ1) is 12.0. The molecule has 0 saturated heterocycles. The maximum absolute atomic E-state index is 12.3. The van der Waals surface area contributed by atoms with Crippen molar-refractivity contribution in [3.05, 3.63) is 59.7 Å². The molecule has 3 rings (SSSR count). The van der Waals surface area contributed by atoms with Crippen molar-refractivity contribution in [1.82, 2.24) is 0 Å². The topological polar surface area (TPSA) is 20.3 Å². The summed E-state index contributed by atoms with van der Waals surface area (Å²) >= 11 is 0. The fourth-order valence-electron chi connectivity index (χ4n) is 3.03. The average Bonchev–Trinajstić information content (AvgIpc) is 2.44. The van der Waals surface area contributed by atoms with Gasteiger partial charge in [-0.2, -0.15) is 0 Å². The van der Waals surface area contributed by atoms with Crippen molar-refractivity contribution in [3.63, 3.8) is 0 Å². The highest BCUT2D eigenvalue weighted by molar-refractivity contribution is 5.98. The second kappa shape index (κ2) is 3.95. The van der Waals surface area contributed by atoms with E-state index in [9.17, 15) is 4.79 Å². The van der Waals surface area contributed by atoms with Crippen LogP contribution in [0, 0.1) is 0 Å². The molecule has 0 fully saturated rings. The molecule has 0 aromatic heterocycles. The summed E-state index contributed by atoms with van der Waals surface area (Å²) in [6.07, 6.45) is 0. The molecular formula is C17H17NO. The summed E-state index contributed by atoms with van der Waals surface area (Å²) in [5.41, 5.74) is 3.84. The number of rotatable bonds is 1. The molecule has 2 heteroatoms. The summed E-state index contributed by atoms with van der Waals surface area (Å²) in [5, 5.41) is 0. The number of nitrogens with zero attached hydrogens (tertiary/aromatic N) is 1. The van der Waals surface area contributed by atoms with Crippen LogP contribution in [0.2, 0.25) is 0 Å². The van der Waals surface area contributed by atoms with E-state index in [1.165, 1.54) is 0 Å². The van der Waals surface area contributed by atoms with E-state index in [4.69, 9.17) is 0 Å². The van der Waals surface area contributed by atoms with Gasteiger partial charge in [-0.15, -0.1) is 0 Å². The predicted molar refractivity (Wildman–Crippen MR) is 78.1 cm³/mol. The number of benzene rings is 2. The first-order valence-corrected chi connectivity index (χ1v) is 6.50. The van der Waals surface area contributed by atoms with Gasteiger partial charge < -0.3 is 4.90 Å². The van der Waals surface area contributed by atoms with E-state index in [-0.39, 0.29) is 5.78 Å². The van der Waals surface area contributed by atoms with Crippen molar-refractivity contribution < 1.29 is 4.79 Å². The van der Waals surface area contributed by atoms with Crippen LogP contribution in [0.1, 0.15) is 25.0 Å². The van der Waals surface area contributed by atoms with Crippen LogP contribution in [0.3, 0.4) is 0 Å². The highest BCUT2D eigenvalue weighted by Gasteiger charge is 2.41. The van der Waals surface area contributed by atoms with Crippen molar-refractivity contribution in [3.8, 4) is 0 Å². The summed E-state index contributed by atoms with van der Waals surface area (Å²) < 4.78 is 0. The summed E-state index contributed by atoms with van der Waals surface area (Å²) in [4.78, 5) is 14.5. The Morgan fingerprint density at radius 3 is 1.79 bits per heavy atom. The maximum atomic E-state index is 12.3. The lowest BCUT2D eigenvalue weighted by molar-refractivity contribution is -0.120. The molecule has 0 atom stereocenters. The molecule has 1 aliphatic rings. The molecule has 2 aromatic carbocycles. The van der Waals surface area contributed by atoms with Gasteiger partial charge in [0.15, 0.2) is 0 Å². The fraction of sp³-hybridized carbons (Fsp3) is 0.235. The number of para-hydroxylation sites is 2. The fourth-order valence-corrected chi connectivity index (χ4v) is 3.03. The number of ketones is 1. The Morgan fingerprint density at radius 1 is 0.947 bits per heavy atom. The molecule has 1 heterocycles. The molecule has 0 saturated carbocycles. The molecule has 0 bridgehead atoms. The third-order valence-corrected chi connectivity index (χ3v) is 4.31. The van der Waals surface area contributed by atoms with Crippen LogP contribution >= 0.6 is 0 Å². The molecule has 19 heavy (non-hydrogen) atoms. The van der Waals surface area contributed by atoms with Crippen molar-refractivity contribution in [2.75, 3.05) is 11.9 Å². The number of carbonyl (C=O) groups is 1. The van der Waals surface area contributed by atoms with Gasteiger partial charge in [0.1, 0.15) is 5.78 Å². The van der Waals surface area contributed by atoms with Crippen molar-refractivity contribution in [1.29, 1.82) is 0 Å². The van der Waals surface area contributed by atoms with Crippen LogP contribution in [-0.4, -0.2) is 12.8 Å². The van der Waals surface area contributed by atoms with Crippen molar-refractivity contribution >= 4 is 17.2 Å². The molecule has 0 unspecified atom stereocenters. The lowest BCUT2D eigenvalue weighted by atomic mass is 9.70. The van der Waals surface area contributed by atoms with E-state index in [2.05, 4.69) is 36.2 Å². The molecule has 2 aromatic rings. The van der Waals surface area contributed by atoms with Gasteiger partial charge >= 0.3 is 0 Å². The number of Topliss-reactive ketones (excluding diaryl/α,β-unsaturated/α-hetero) is 1. The zero-order valence-corrected chi connectivity index (χ0v) is 11.5. The molecule has 0 N–H and O–H groups in total. The van der Waals surface area contributed by atoms with E-state index in [0.29, 0.717) is 0 Å². The molecule has 0 radical (unpaired) electrons. The molecule has 96 valence electrons. The number of hydrogen-bond donors (Lipinski definition) is 0. The van der Waals surface area contributed by atoms with Gasteiger partial charge in [0.25, 0.3) is 0 Å². The van der Waals surface area contributed by atoms with Gasteiger partial charge in [0.05, 0.1) is 5.41 Å². The Hall–Kier alpha value is -2.09. The van der Waals surface area contributed by atoms with Gasteiger partial charge in [0, 0.05) is 18.4 Å². The molecule has 2 nitrogen and oxygen atoms in total. The second-order valence-corrected chi connectivity index (χ2v) is 5.27. The van der Waals surface area contributed by atoms with Crippen molar-refractivity contribution in [2.45, 2.75) is 19.3 Å². The monoisotopic (exact) mass is 251 g/mol. The molecule has 0 amide bonds. The number of carbonyl (C=O) groups excluding carboxylic acids is 1. The maximum Gasteiger partial charge on any atom is 0.144 e. The van der Waals surface area contributed by atoms with E-state index in [1.54, 1.807) is 6.92 Å². The van der Waals surface area contributed by atoms with Crippen LogP contribution in [-0.2, 0) is 10.2 Å². The normalized spacial score (nSPS) is 15.6. The zero-order chi connectivity index (χ0) is 13.6. The lowest BCUT2D eigenvalue weighted by Crippen LogP contribution is -2.38. The molecule has 0 spiro atoms. The smallest absolute Gasteiger partial charge is 0.144 e. The Balaban J connectivity index is 2.39. The van der Waals surface area contributed by atoms with Crippen LogP contribution in [0.4, 0.5) is 11.4 Å². The Morgan fingerprint density at radius 2 is 1.37 bits per heavy atom. The predicted octanol–water partition coefficient (Wildman–Crippen LogP) is 3.66. The second-order valence-electron chi connectivity index (χ2n) is 5.27. The Kier molecular flexibility index (Phi) is 2.49. The number of anilines is 2. The number of fused-ring (bicyclic) bond motifs is 2. The third kappa shape index (κ3) is 1.46. The van der Waals surface area contributed by atoms with Crippen LogP contribution in [0.5, 0.6) is 0 Å². The zero-order valence-electron chi connectivity index (χ0n) is 11.5. The highest BCUT2D eigenvalue weighted by Crippen LogP contribution is 2.48. The first-order chi connectivity index (χ1) is 9.06. The summed E-state index contributed by atoms with van der Waals surface area (Å²) in [6.45, 7) is 3.71. The minimum absolute atomic E-state index is 0.181. The third-order valence-electron chi connectivity index (χ3n) is 4.31. The SMILES string of the molecule is CC(=O)C1(C)c2ccccc2N(C)c2ccccc21. The first-order valence-electron chi connectivity index (χ1n) is 6.50. The van der Waals surface area contributed by atoms with Crippen LogP contribution in [0.15, 0.2) is 48.5 Å². The molecule has 0 aliphatic carbocycles. The standard InChI is InChI=1S/C17H17NO/c1-12(19)17(2)13-8-4-6-10-15(13)18(3)16-11-7-5-9-14(16)17/h4-11H,1-3H3. The Bertz CT molecular complexity index is 612. The quantitative estimate of drug-likeness (QED) is 0.771. The van der Waals surface area contributed by atoms with Gasteiger partial charge in [-0.05, 0) is 37.1 Å². The van der Waals surface area contributed by atoms with E-state index in [0.717, 1.165) is 22.5 Å². The molecular weight excluding hydrogens is 234 g/mol. The average molecular weight is 251 g/mol. The van der Waals surface area contributed by atoms with Crippen LogP contribution in [0.25, 0.3) is 0 Å². The van der Waals surface area contributed by atoms with Gasteiger partial charge in [-0.25, -0.2) is 0 Å². The van der Waals surface area contributed by atoms with E-state index in [1.807, 2.05) is 31.2 Å². The number of hydrogen-bond acceptors (Lipinski definition) is 2. The largest absolute Gasteiger partial charge is 0.344 e. The van der Waals surface area contributed by atoms with Gasteiger partial charge in [-0.1, -0.05) is 36.4 Å². The minimum atomic E-state index is -0.556. The van der Waals surface area contributed by atoms with E-state index >= 15 is 0 Å². The summed E-state index contributed by atoms with van der Waals surface area (Å²) in [7, 11) is 2.05.